The molecule has 0 atom stereocenters. The smallest absolute Gasteiger partial charge is 0.186 e. The van der Waals surface area contributed by atoms with Crippen LogP contribution in [0.25, 0.3) is 22.1 Å². The topological polar surface area (TPSA) is 86.8 Å². The lowest BCUT2D eigenvalue weighted by atomic mass is 10.2. The number of anilines is 1. The highest BCUT2D eigenvalue weighted by Crippen LogP contribution is 2.32. The van der Waals surface area contributed by atoms with Crippen molar-refractivity contribution in [2.75, 3.05) is 31.2 Å². The van der Waals surface area contributed by atoms with Crippen molar-refractivity contribution in [2.45, 2.75) is 0 Å². The largest absolute Gasteiger partial charge is 0.378 e. The molecule has 4 aromatic rings. The van der Waals surface area contributed by atoms with Gasteiger partial charge in [0.15, 0.2) is 11.0 Å². The zero-order valence-electron chi connectivity index (χ0n) is 14.3. The molecule has 1 fully saturated rings. The molecule has 1 aliphatic heterocycles. The molecule has 0 N–H and O–H groups in total. The zero-order chi connectivity index (χ0) is 18.1. The van der Waals surface area contributed by atoms with E-state index in [1.807, 2.05) is 41.2 Å². The van der Waals surface area contributed by atoms with Crippen LogP contribution in [0.2, 0.25) is 0 Å². The minimum Gasteiger partial charge on any atom is -0.378 e. The highest BCUT2D eigenvalue weighted by molar-refractivity contribution is 7.18. The maximum Gasteiger partial charge on any atom is 0.186 e. The number of ether oxygens (including phenoxy) is 1. The molecule has 4 heterocycles. The minimum atomic E-state index is 0.744. The van der Waals surface area contributed by atoms with Gasteiger partial charge in [-0.1, -0.05) is 17.4 Å². The normalized spacial score (nSPS) is 14.6. The van der Waals surface area contributed by atoms with Crippen LogP contribution in [-0.2, 0) is 4.74 Å². The average molecular weight is 380 g/mol. The van der Waals surface area contributed by atoms with E-state index in [0.29, 0.717) is 0 Å². The Kier molecular flexibility index (Phi) is 4.11. The third-order valence-corrected chi connectivity index (χ3v) is 5.41. The molecule has 1 aliphatic rings. The fourth-order valence-electron chi connectivity index (χ4n) is 3.03. The number of nitrogens with zero attached hydrogens (tertiary/aromatic N) is 8. The molecular formula is C17H16N8OS. The fraction of sp³-hybridized carbons (Fsp3) is 0.235. The Balaban J connectivity index is 1.48. The second-order valence-electron chi connectivity index (χ2n) is 6.00. The van der Waals surface area contributed by atoms with E-state index in [0.717, 1.165) is 53.5 Å². The summed E-state index contributed by atoms with van der Waals surface area (Å²) in [4.78, 5) is 12.4. The fourth-order valence-corrected chi connectivity index (χ4v) is 3.99. The Hall–Kier alpha value is -3.11. The summed E-state index contributed by atoms with van der Waals surface area (Å²) in [7, 11) is 0. The predicted molar refractivity (Wildman–Crippen MR) is 100 cm³/mol. The Labute approximate surface area is 158 Å². The van der Waals surface area contributed by atoms with Crippen molar-refractivity contribution in [1.29, 1.82) is 0 Å². The molecule has 1 saturated heterocycles. The van der Waals surface area contributed by atoms with E-state index < -0.39 is 0 Å². The van der Waals surface area contributed by atoms with E-state index in [-0.39, 0.29) is 0 Å². The number of tetrazole rings is 1. The van der Waals surface area contributed by atoms with Crippen molar-refractivity contribution in [1.82, 2.24) is 34.7 Å². The Morgan fingerprint density at radius 1 is 1.07 bits per heavy atom. The quantitative estimate of drug-likeness (QED) is 0.534. The van der Waals surface area contributed by atoms with Gasteiger partial charge >= 0.3 is 0 Å². The van der Waals surface area contributed by atoms with E-state index in [1.165, 1.54) is 0 Å². The molecule has 0 amide bonds. The highest BCUT2D eigenvalue weighted by Gasteiger charge is 2.17. The van der Waals surface area contributed by atoms with Crippen molar-refractivity contribution in [3.63, 3.8) is 0 Å². The third-order valence-electron chi connectivity index (χ3n) is 4.36. The highest BCUT2D eigenvalue weighted by atomic mass is 32.1. The first kappa shape index (κ1) is 16.1. The molecule has 0 bridgehead atoms. The number of hydrogen-bond donors (Lipinski definition) is 0. The van der Waals surface area contributed by atoms with Gasteiger partial charge in [-0.05, 0) is 28.6 Å². The van der Waals surface area contributed by atoms with Gasteiger partial charge in [-0.2, -0.15) is 0 Å². The van der Waals surface area contributed by atoms with E-state index in [4.69, 9.17) is 4.74 Å². The van der Waals surface area contributed by atoms with Crippen molar-refractivity contribution < 1.29 is 4.74 Å². The number of thiazole rings is 1. The van der Waals surface area contributed by atoms with Crippen molar-refractivity contribution in [2.24, 2.45) is 0 Å². The molecule has 136 valence electrons. The lowest BCUT2D eigenvalue weighted by Gasteiger charge is -2.25. The van der Waals surface area contributed by atoms with Gasteiger partial charge in [-0.25, -0.2) is 14.6 Å². The number of benzene rings is 1. The lowest BCUT2D eigenvalue weighted by Crippen LogP contribution is -2.36. The maximum atomic E-state index is 5.42. The zero-order valence-corrected chi connectivity index (χ0v) is 15.2. The number of imidazole rings is 1. The van der Waals surface area contributed by atoms with Crippen LogP contribution < -0.4 is 4.90 Å². The molecule has 3 aromatic heterocycles. The Bertz CT molecular complexity index is 1030. The van der Waals surface area contributed by atoms with Crippen LogP contribution in [0.5, 0.6) is 0 Å². The van der Waals surface area contributed by atoms with Gasteiger partial charge in [0.25, 0.3) is 0 Å². The van der Waals surface area contributed by atoms with Gasteiger partial charge in [0.05, 0.1) is 30.0 Å². The molecule has 0 aliphatic carbocycles. The Morgan fingerprint density at radius 3 is 2.81 bits per heavy atom. The minimum absolute atomic E-state index is 0.744. The summed E-state index contributed by atoms with van der Waals surface area (Å²) in [5.74, 6) is 0.862. The van der Waals surface area contributed by atoms with Gasteiger partial charge < -0.3 is 9.64 Å². The van der Waals surface area contributed by atoms with Crippen molar-refractivity contribution >= 4 is 16.5 Å². The third kappa shape index (κ3) is 3.09. The van der Waals surface area contributed by atoms with Gasteiger partial charge in [-0.3, -0.25) is 4.57 Å². The van der Waals surface area contributed by atoms with Crippen molar-refractivity contribution in [3.05, 3.63) is 49.2 Å². The molecule has 0 unspecified atom stereocenters. The summed E-state index contributed by atoms with van der Waals surface area (Å²) < 4.78 is 9.10. The number of hydrogen-bond acceptors (Lipinski definition) is 8. The molecule has 9 nitrogen and oxygen atoms in total. The maximum absolute atomic E-state index is 5.42. The van der Waals surface area contributed by atoms with E-state index >= 15 is 0 Å². The van der Waals surface area contributed by atoms with Crippen LogP contribution in [0.1, 0.15) is 0 Å². The monoisotopic (exact) mass is 380 g/mol. The van der Waals surface area contributed by atoms with E-state index in [9.17, 15) is 0 Å². The van der Waals surface area contributed by atoms with Crippen LogP contribution in [0, 0.1) is 0 Å². The second kappa shape index (κ2) is 6.89. The molecule has 27 heavy (non-hydrogen) atoms. The molecule has 0 spiro atoms. The SMILES string of the molecule is c1cc(-n2cnnn2)cc(-n2ccnc2-c2cnc(N3CCOCC3)s2)c1. The number of aromatic nitrogens is 7. The van der Waals surface area contributed by atoms with Gasteiger partial charge in [0, 0.05) is 31.2 Å². The predicted octanol–water partition coefficient (Wildman–Crippen LogP) is 1.81. The van der Waals surface area contributed by atoms with E-state index in [2.05, 4.69) is 30.4 Å². The summed E-state index contributed by atoms with van der Waals surface area (Å²) in [5.41, 5.74) is 1.87. The number of morpholine rings is 1. The summed E-state index contributed by atoms with van der Waals surface area (Å²) in [6, 6.07) is 7.98. The van der Waals surface area contributed by atoms with Gasteiger partial charge in [0.2, 0.25) is 0 Å². The van der Waals surface area contributed by atoms with Crippen molar-refractivity contribution in [3.8, 4) is 22.1 Å². The van der Waals surface area contributed by atoms with Crippen LogP contribution in [0.4, 0.5) is 5.13 Å². The summed E-state index contributed by atoms with van der Waals surface area (Å²) in [5, 5.41) is 12.3. The molecule has 5 rings (SSSR count). The molecule has 1 aromatic carbocycles. The van der Waals surface area contributed by atoms with Gasteiger partial charge in [-0.15, -0.1) is 5.10 Å². The summed E-state index contributed by atoms with van der Waals surface area (Å²) in [6.07, 6.45) is 7.21. The summed E-state index contributed by atoms with van der Waals surface area (Å²) in [6.45, 7) is 3.23. The first-order chi connectivity index (χ1) is 13.4. The summed E-state index contributed by atoms with van der Waals surface area (Å²) >= 11 is 1.65. The first-order valence-electron chi connectivity index (χ1n) is 8.54. The Morgan fingerprint density at radius 2 is 1.96 bits per heavy atom. The second-order valence-corrected chi connectivity index (χ2v) is 7.01. The molecule has 0 saturated carbocycles. The van der Waals surface area contributed by atoms with Crippen LogP contribution in [0.3, 0.4) is 0 Å². The average Bonchev–Trinajstić information content (AvgIpc) is 3.50. The standard InChI is InChI=1S/C17H16N8OS/c1-2-13(10-14(3-1)25-12-20-21-22-25)24-5-4-18-16(24)15-11-19-17(27-15)23-6-8-26-9-7-23/h1-5,10-12H,6-9H2. The lowest BCUT2D eigenvalue weighted by molar-refractivity contribution is 0.122. The van der Waals surface area contributed by atoms with Gasteiger partial charge in [0.1, 0.15) is 6.33 Å². The van der Waals surface area contributed by atoms with Crippen LogP contribution in [-0.4, -0.2) is 61.0 Å². The molecular weight excluding hydrogens is 364 g/mol. The first-order valence-corrected chi connectivity index (χ1v) is 9.36. The van der Waals surface area contributed by atoms with Crippen LogP contribution in [0.15, 0.2) is 49.2 Å². The molecule has 10 heteroatoms. The van der Waals surface area contributed by atoms with Crippen LogP contribution >= 0.6 is 11.3 Å². The number of rotatable bonds is 4. The van der Waals surface area contributed by atoms with E-state index in [1.54, 1.807) is 28.5 Å². The molecule has 0 radical (unpaired) electrons.